The summed E-state index contributed by atoms with van der Waals surface area (Å²) in [5, 5.41) is 23.1. The number of fused-ring (bicyclic) bond motifs is 1. The normalized spacial score (nSPS) is 23.4. The molecule has 8 nitrogen and oxygen atoms in total. The van der Waals surface area contributed by atoms with Gasteiger partial charge in [0.25, 0.3) is 0 Å². The first-order valence-corrected chi connectivity index (χ1v) is 9.93. The summed E-state index contributed by atoms with van der Waals surface area (Å²) in [6, 6.07) is 8.23. The van der Waals surface area contributed by atoms with Gasteiger partial charge in [0.15, 0.2) is 10.9 Å². The largest absolute Gasteiger partial charge is 0.500 e. The summed E-state index contributed by atoms with van der Waals surface area (Å²) < 4.78 is 5.47. The molecule has 0 saturated carbocycles. The van der Waals surface area contributed by atoms with Gasteiger partial charge in [-0.2, -0.15) is 0 Å². The molecule has 1 aromatic heterocycles. The number of amidine groups is 1. The minimum Gasteiger partial charge on any atom is -0.500 e. The van der Waals surface area contributed by atoms with Crippen molar-refractivity contribution >= 4 is 22.6 Å². The van der Waals surface area contributed by atoms with E-state index in [1.54, 1.807) is 30.9 Å². The molecule has 1 aromatic carbocycles. The number of thioether (sulfide) groups is 1. The number of hydrogen-bond donors (Lipinski definition) is 1. The first-order valence-electron chi connectivity index (χ1n) is 9.05. The third-order valence-corrected chi connectivity index (χ3v) is 5.90. The molecule has 0 bridgehead atoms. The Hall–Kier alpha value is -2.81. The number of nitro groups is 1. The van der Waals surface area contributed by atoms with E-state index in [0.717, 1.165) is 17.4 Å². The van der Waals surface area contributed by atoms with Crippen LogP contribution in [0.5, 0.6) is 11.5 Å². The van der Waals surface area contributed by atoms with Crippen molar-refractivity contribution in [2.24, 2.45) is 4.99 Å². The number of rotatable bonds is 5. The van der Waals surface area contributed by atoms with Crippen LogP contribution in [0.1, 0.15) is 37.2 Å². The number of pyridine rings is 1. The highest BCUT2D eigenvalue weighted by molar-refractivity contribution is 8.14. The SMILES string of the molecule is CCOc1cc([C@H]2[C@@H](c3ccccn3)N=C3S[C@@H](C)CN32)cc([N+](=O)[O-])c1O. The van der Waals surface area contributed by atoms with Crippen molar-refractivity contribution in [2.45, 2.75) is 31.2 Å². The van der Waals surface area contributed by atoms with Gasteiger partial charge in [0.1, 0.15) is 6.04 Å². The zero-order valence-corrected chi connectivity index (χ0v) is 16.3. The molecule has 9 heteroatoms. The van der Waals surface area contributed by atoms with Crippen LogP contribution in [0.2, 0.25) is 0 Å². The van der Waals surface area contributed by atoms with Crippen LogP contribution >= 0.6 is 11.8 Å². The van der Waals surface area contributed by atoms with Crippen LogP contribution in [-0.2, 0) is 0 Å². The summed E-state index contributed by atoms with van der Waals surface area (Å²) >= 11 is 1.69. The number of aromatic nitrogens is 1. The van der Waals surface area contributed by atoms with Crippen molar-refractivity contribution in [1.29, 1.82) is 0 Å². The Labute approximate surface area is 166 Å². The molecule has 2 aliphatic heterocycles. The van der Waals surface area contributed by atoms with Crippen LogP contribution in [0.4, 0.5) is 5.69 Å². The molecule has 4 rings (SSSR count). The Morgan fingerprint density at radius 3 is 2.93 bits per heavy atom. The fraction of sp³-hybridized carbons (Fsp3) is 0.368. The van der Waals surface area contributed by atoms with Gasteiger partial charge in [-0.25, -0.2) is 0 Å². The predicted octanol–water partition coefficient (Wildman–Crippen LogP) is 3.68. The predicted molar refractivity (Wildman–Crippen MR) is 107 cm³/mol. The zero-order valence-electron chi connectivity index (χ0n) is 15.5. The second-order valence-corrected chi connectivity index (χ2v) is 8.12. The van der Waals surface area contributed by atoms with Gasteiger partial charge in [0.2, 0.25) is 5.75 Å². The van der Waals surface area contributed by atoms with Gasteiger partial charge in [0.05, 0.1) is 23.3 Å². The number of nitro benzene ring substituents is 1. The molecule has 3 heterocycles. The molecular formula is C19H20N4O4S. The van der Waals surface area contributed by atoms with Crippen LogP contribution in [0.25, 0.3) is 0 Å². The minimum atomic E-state index is -0.588. The lowest BCUT2D eigenvalue weighted by molar-refractivity contribution is -0.386. The van der Waals surface area contributed by atoms with E-state index in [9.17, 15) is 15.2 Å². The van der Waals surface area contributed by atoms with Crippen molar-refractivity contribution in [3.05, 3.63) is 57.9 Å². The van der Waals surface area contributed by atoms with Crippen molar-refractivity contribution in [1.82, 2.24) is 9.88 Å². The molecule has 2 aromatic rings. The molecule has 1 saturated heterocycles. The van der Waals surface area contributed by atoms with Crippen LogP contribution in [0, 0.1) is 10.1 Å². The summed E-state index contributed by atoms with van der Waals surface area (Å²) in [4.78, 5) is 22.4. The van der Waals surface area contributed by atoms with E-state index >= 15 is 0 Å². The minimum absolute atomic E-state index is 0.111. The van der Waals surface area contributed by atoms with E-state index in [4.69, 9.17) is 9.73 Å². The summed E-state index contributed by atoms with van der Waals surface area (Å²) in [6.07, 6.45) is 1.72. The fourth-order valence-corrected chi connectivity index (χ4v) is 4.76. The molecule has 3 atom stereocenters. The number of phenols is 1. The van der Waals surface area contributed by atoms with Crippen molar-refractivity contribution in [3.63, 3.8) is 0 Å². The smallest absolute Gasteiger partial charge is 0.315 e. The average molecular weight is 400 g/mol. The quantitative estimate of drug-likeness (QED) is 0.603. The van der Waals surface area contributed by atoms with Crippen LogP contribution in [0.15, 0.2) is 41.5 Å². The van der Waals surface area contributed by atoms with Gasteiger partial charge >= 0.3 is 5.69 Å². The third kappa shape index (κ3) is 3.15. The highest BCUT2D eigenvalue weighted by Gasteiger charge is 2.44. The number of ether oxygens (including phenoxy) is 1. The van der Waals surface area contributed by atoms with Crippen LogP contribution in [-0.4, -0.2) is 43.5 Å². The van der Waals surface area contributed by atoms with Gasteiger partial charge in [-0.15, -0.1) is 0 Å². The molecule has 28 heavy (non-hydrogen) atoms. The highest BCUT2D eigenvalue weighted by atomic mass is 32.2. The van der Waals surface area contributed by atoms with Gasteiger partial charge in [-0.05, 0) is 30.7 Å². The lowest BCUT2D eigenvalue weighted by atomic mass is 9.95. The molecule has 1 fully saturated rings. The number of aliphatic imine (C=N–C) groups is 1. The number of hydrogen-bond acceptors (Lipinski definition) is 8. The maximum absolute atomic E-state index is 11.5. The highest BCUT2D eigenvalue weighted by Crippen LogP contribution is 2.50. The molecule has 2 aliphatic rings. The first kappa shape index (κ1) is 18.5. The lowest BCUT2D eigenvalue weighted by Gasteiger charge is -2.27. The van der Waals surface area contributed by atoms with Crippen molar-refractivity contribution in [3.8, 4) is 11.5 Å². The first-order chi connectivity index (χ1) is 13.5. The second kappa shape index (κ2) is 7.31. The summed E-state index contributed by atoms with van der Waals surface area (Å²) in [5.41, 5.74) is 1.11. The molecule has 0 aliphatic carbocycles. The number of aromatic hydroxyl groups is 1. The summed E-state index contributed by atoms with van der Waals surface area (Å²) in [5.74, 6) is -0.340. The van der Waals surface area contributed by atoms with Gasteiger partial charge in [-0.3, -0.25) is 20.1 Å². The number of nitrogens with zero attached hydrogens (tertiary/aromatic N) is 4. The number of benzene rings is 1. The van der Waals surface area contributed by atoms with E-state index in [1.807, 2.05) is 18.2 Å². The molecule has 0 amide bonds. The molecule has 0 unspecified atom stereocenters. The fourth-order valence-electron chi connectivity index (χ4n) is 3.67. The van der Waals surface area contributed by atoms with Crippen LogP contribution < -0.4 is 4.74 Å². The zero-order chi connectivity index (χ0) is 19.8. The monoisotopic (exact) mass is 400 g/mol. The lowest BCUT2D eigenvalue weighted by Crippen LogP contribution is -2.28. The third-order valence-electron chi connectivity index (χ3n) is 4.80. The maximum atomic E-state index is 11.5. The molecule has 0 radical (unpaired) electrons. The Morgan fingerprint density at radius 2 is 2.25 bits per heavy atom. The Balaban J connectivity index is 1.84. The van der Waals surface area contributed by atoms with E-state index in [2.05, 4.69) is 16.8 Å². The van der Waals surface area contributed by atoms with Gasteiger partial charge < -0.3 is 14.7 Å². The summed E-state index contributed by atoms with van der Waals surface area (Å²) in [6.45, 7) is 4.98. The summed E-state index contributed by atoms with van der Waals surface area (Å²) in [7, 11) is 0. The topological polar surface area (TPSA) is 101 Å². The Kier molecular flexibility index (Phi) is 4.84. The maximum Gasteiger partial charge on any atom is 0.315 e. The average Bonchev–Trinajstić information content (AvgIpc) is 3.20. The number of phenolic OH excluding ortho intramolecular Hbond substituents is 1. The molecule has 146 valence electrons. The molecular weight excluding hydrogens is 380 g/mol. The van der Waals surface area contributed by atoms with E-state index in [0.29, 0.717) is 17.4 Å². The van der Waals surface area contributed by atoms with E-state index in [-0.39, 0.29) is 23.5 Å². The molecule has 1 N–H and O–H groups in total. The van der Waals surface area contributed by atoms with Gasteiger partial charge in [-0.1, -0.05) is 24.8 Å². The van der Waals surface area contributed by atoms with Gasteiger partial charge in [0, 0.05) is 24.1 Å². The Bertz CT molecular complexity index is 937. The van der Waals surface area contributed by atoms with Crippen molar-refractivity contribution < 1.29 is 14.8 Å². The Morgan fingerprint density at radius 1 is 1.43 bits per heavy atom. The standard InChI is InChI=1S/C19H20N4O4S/c1-3-27-15-9-12(8-14(18(15)24)23(25)26)17-16(13-6-4-5-7-20-13)21-19-22(17)10-11(2)28-19/h4-9,11,16-17,24H,3,10H2,1-2H3/t11-,16+,17-/m0/s1. The van der Waals surface area contributed by atoms with E-state index < -0.39 is 10.7 Å². The molecule has 0 spiro atoms. The second-order valence-electron chi connectivity index (χ2n) is 6.71. The van der Waals surface area contributed by atoms with Crippen LogP contribution in [0.3, 0.4) is 0 Å². The van der Waals surface area contributed by atoms with Crippen molar-refractivity contribution in [2.75, 3.05) is 13.2 Å². The van der Waals surface area contributed by atoms with E-state index in [1.165, 1.54) is 6.07 Å².